The van der Waals surface area contributed by atoms with Crippen LogP contribution in [0.3, 0.4) is 0 Å². The Morgan fingerprint density at radius 3 is 2.57 bits per heavy atom. The number of rotatable bonds is 6. The molecule has 0 fully saturated rings. The molecule has 0 aliphatic heterocycles. The number of sulfone groups is 1. The maximum Gasteiger partial charge on any atom is 0.273 e. The van der Waals surface area contributed by atoms with Gasteiger partial charge in [0.2, 0.25) is 0 Å². The van der Waals surface area contributed by atoms with Gasteiger partial charge in [-0.3, -0.25) is 4.79 Å². The van der Waals surface area contributed by atoms with E-state index in [1.165, 1.54) is 17.8 Å². The first-order valence-electron chi connectivity index (χ1n) is 6.51. The molecule has 0 amide bonds. The van der Waals surface area contributed by atoms with Crippen molar-refractivity contribution in [2.24, 2.45) is 0 Å². The first-order valence-corrected chi connectivity index (χ1v) is 9.15. The molecule has 2 rings (SSSR count). The number of aromatic nitrogens is 2. The fourth-order valence-electron chi connectivity index (χ4n) is 1.76. The zero-order valence-corrected chi connectivity index (χ0v) is 13.2. The van der Waals surface area contributed by atoms with Crippen LogP contribution < -0.4 is 5.56 Å². The summed E-state index contributed by atoms with van der Waals surface area (Å²) < 4.78 is 26.1. The zero-order valence-electron chi connectivity index (χ0n) is 11.6. The predicted molar refractivity (Wildman–Crippen MR) is 83.4 cm³/mol. The van der Waals surface area contributed by atoms with E-state index < -0.39 is 9.84 Å². The molecule has 21 heavy (non-hydrogen) atoms. The second-order valence-corrected chi connectivity index (χ2v) is 7.49. The van der Waals surface area contributed by atoms with Gasteiger partial charge in [0, 0.05) is 24.6 Å². The molecule has 0 unspecified atom stereocenters. The second kappa shape index (κ2) is 6.91. The Hall–Kier alpha value is -1.60. The van der Waals surface area contributed by atoms with Gasteiger partial charge >= 0.3 is 0 Å². The van der Waals surface area contributed by atoms with E-state index in [1.807, 2.05) is 11.5 Å². The molecule has 0 aliphatic carbocycles. The lowest BCUT2D eigenvalue weighted by Gasteiger charge is -2.09. The molecular formula is C14H16N2O3S2. The summed E-state index contributed by atoms with van der Waals surface area (Å²) in [6.07, 6.45) is 1.67. The van der Waals surface area contributed by atoms with Gasteiger partial charge in [-0.05, 0) is 19.1 Å². The highest BCUT2D eigenvalue weighted by atomic mass is 32.2. The van der Waals surface area contributed by atoms with Crippen molar-refractivity contribution in [3.05, 3.63) is 52.9 Å². The summed E-state index contributed by atoms with van der Waals surface area (Å²) in [7, 11) is -3.30. The lowest BCUT2D eigenvalue weighted by molar-refractivity contribution is 0.597. The number of hydrogen-bond acceptors (Lipinski definition) is 5. The number of hydrogen-bond donors (Lipinski definition) is 0. The van der Waals surface area contributed by atoms with Gasteiger partial charge in [0.05, 0.1) is 10.6 Å². The van der Waals surface area contributed by atoms with Gasteiger partial charge in [-0.2, -0.15) is 4.98 Å². The minimum Gasteiger partial charge on any atom is -0.328 e. The Kier molecular flexibility index (Phi) is 5.19. The second-order valence-electron chi connectivity index (χ2n) is 4.31. The van der Waals surface area contributed by atoms with Crippen molar-refractivity contribution >= 4 is 21.6 Å². The molecule has 0 spiro atoms. The fourth-order valence-corrected chi connectivity index (χ4v) is 4.47. The van der Waals surface area contributed by atoms with Crippen LogP contribution in [0.1, 0.15) is 6.92 Å². The van der Waals surface area contributed by atoms with Gasteiger partial charge in [-0.15, -0.1) is 0 Å². The van der Waals surface area contributed by atoms with E-state index in [4.69, 9.17) is 0 Å². The zero-order chi connectivity index (χ0) is 15.3. The van der Waals surface area contributed by atoms with Gasteiger partial charge in [0.15, 0.2) is 15.0 Å². The van der Waals surface area contributed by atoms with E-state index in [1.54, 1.807) is 36.5 Å². The summed E-state index contributed by atoms with van der Waals surface area (Å²) in [5.74, 6) is 0.365. The van der Waals surface area contributed by atoms with E-state index in [0.717, 1.165) is 0 Å². The molecule has 1 heterocycles. The Morgan fingerprint density at radius 1 is 1.19 bits per heavy atom. The molecule has 0 radical (unpaired) electrons. The molecule has 1 aromatic heterocycles. The SMILES string of the molecule is CCn1ccc(=O)nc1SCCS(=O)(=O)c1ccccc1. The van der Waals surface area contributed by atoms with Crippen LogP contribution in [-0.4, -0.2) is 29.5 Å². The first kappa shape index (κ1) is 15.8. The van der Waals surface area contributed by atoms with Gasteiger partial charge in [-0.1, -0.05) is 30.0 Å². The molecule has 0 saturated carbocycles. The van der Waals surface area contributed by atoms with Crippen molar-refractivity contribution in [1.82, 2.24) is 9.55 Å². The molecule has 2 aromatic rings. The Balaban J connectivity index is 2.05. The van der Waals surface area contributed by atoms with Gasteiger partial charge in [0.25, 0.3) is 5.56 Å². The summed E-state index contributed by atoms with van der Waals surface area (Å²) in [4.78, 5) is 15.5. The van der Waals surface area contributed by atoms with Crippen molar-refractivity contribution in [1.29, 1.82) is 0 Å². The average molecular weight is 324 g/mol. The Bertz CT molecular complexity index is 755. The molecule has 7 heteroatoms. The van der Waals surface area contributed by atoms with Crippen molar-refractivity contribution in [2.45, 2.75) is 23.5 Å². The van der Waals surface area contributed by atoms with Crippen LogP contribution in [0.15, 0.2) is 57.4 Å². The van der Waals surface area contributed by atoms with Crippen LogP contribution >= 0.6 is 11.8 Å². The standard InChI is InChI=1S/C14H16N2O3S2/c1-2-16-9-8-13(17)15-14(16)20-10-11-21(18,19)12-6-4-3-5-7-12/h3-9H,2,10-11H2,1H3. The van der Waals surface area contributed by atoms with Gasteiger partial charge in [0.1, 0.15) is 0 Å². The predicted octanol–water partition coefficient (Wildman–Crippen LogP) is 1.83. The van der Waals surface area contributed by atoms with Crippen molar-refractivity contribution in [3.63, 3.8) is 0 Å². The minimum absolute atomic E-state index is 0.0101. The molecule has 0 atom stereocenters. The summed E-state index contributed by atoms with van der Waals surface area (Å²) in [6.45, 7) is 2.62. The van der Waals surface area contributed by atoms with Gasteiger partial charge < -0.3 is 4.57 Å². The maximum absolute atomic E-state index is 12.1. The number of aryl methyl sites for hydroxylation is 1. The third-order valence-electron chi connectivity index (χ3n) is 2.87. The largest absolute Gasteiger partial charge is 0.328 e. The molecule has 0 bridgehead atoms. The Labute approximate surface area is 128 Å². The lowest BCUT2D eigenvalue weighted by Crippen LogP contribution is -2.14. The Morgan fingerprint density at radius 2 is 1.90 bits per heavy atom. The van der Waals surface area contributed by atoms with E-state index in [-0.39, 0.29) is 11.3 Å². The molecule has 112 valence electrons. The molecule has 0 saturated heterocycles. The summed E-state index contributed by atoms with van der Waals surface area (Å²) in [6, 6.07) is 9.75. The van der Waals surface area contributed by atoms with Crippen molar-refractivity contribution in [3.8, 4) is 0 Å². The highest BCUT2D eigenvalue weighted by Gasteiger charge is 2.14. The average Bonchev–Trinajstić information content (AvgIpc) is 2.48. The summed E-state index contributed by atoms with van der Waals surface area (Å²) in [5, 5.41) is 0.549. The quantitative estimate of drug-likeness (QED) is 0.599. The van der Waals surface area contributed by atoms with Crippen molar-refractivity contribution < 1.29 is 8.42 Å². The molecule has 0 aliphatic rings. The monoisotopic (exact) mass is 324 g/mol. The highest BCUT2D eigenvalue weighted by molar-refractivity contribution is 8.00. The molecular weight excluding hydrogens is 308 g/mol. The van der Waals surface area contributed by atoms with E-state index in [2.05, 4.69) is 4.98 Å². The topological polar surface area (TPSA) is 69.0 Å². The van der Waals surface area contributed by atoms with Crippen LogP contribution in [0.2, 0.25) is 0 Å². The van der Waals surface area contributed by atoms with E-state index >= 15 is 0 Å². The number of nitrogens with zero attached hydrogens (tertiary/aromatic N) is 2. The number of benzene rings is 1. The summed E-state index contributed by atoms with van der Waals surface area (Å²) in [5.41, 5.74) is -0.312. The lowest BCUT2D eigenvalue weighted by atomic mass is 10.4. The van der Waals surface area contributed by atoms with E-state index in [0.29, 0.717) is 22.3 Å². The van der Waals surface area contributed by atoms with Crippen LogP contribution in [0.4, 0.5) is 0 Å². The van der Waals surface area contributed by atoms with Crippen LogP contribution in [0.5, 0.6) is 0 Å². The highest BCUT2D eigenvalue weighted by Crippen LogP contribution is 2.17. The van der Waals surface area contributed by atoms with Crippen LogP contribution in [-0.2, 0) is 16.4 Å². The third kappa shape index (κ3) is 4.18. The third-order valence-corrected chi connectivity index (χ3v) is 5.86. The van der Waals surface area contributed by atoms with E-state index in [9.17, 15) is 13.2 Å². The molecule has 0 N–H and O–H groups in total. The normalized spacial score (nSPS) is 11.5. The fraction of sp³-hybridized carbons (Fsp3) is 0.286. The van der Waals surface area contributed by atoms with Crippen LogP contribution in [0.25, 0.3) is 0 Å². The number of thioether (sulfide) groups is 1. The molecule has 1 aromatic carbocycles. The minimum atomic E-state index is -3.30. The smallest absolute Gasteiger partial charge is 0.273 e. The summed E-state index contributed by atoms with van der Waals surface area (Å²) >= 11 is 1.28. The first-order chi connectivity index (χ1) is 10.0. The van der Waals surface area contributed by atoms with Crippen LogP contribution in [0, 0.1) is 0 Å². The van der Waals surface area contributed by atoms with Crippen molar-refractivity contribution in [2.75, 3.05) is 11.5 Å². The maximum atomic E-state index is 12.1. The molecule has 5 nitrogen and oxygen atoms in total. The van der Waals surface area contributed by atoms with Gasteiger partial charge in [-0.25, -0.2) is 8.42 Å².